The van der Waals surface area contributed by atoms with Crippen molar-refractivity contribution in [1.82, 2.24) is 14.7 Å². The van der Waals surface area contributed by atoms with Gasteiger partial charge in [-0.2, -0.15) is 5.10 Å². The summed E-state index contributed by atoms with van der Waals surface area (Å²) in [5.74, 6) is 0.297. The van der Waals surface area contributed by atoms with E-state index in [1.54, 1.807) is 24.4 Å². The van der Waals surface area contributed by atoms with Crippen molar-refractivity contribution in [1.29, 1.82) is 0 Å². The highest BCUT2D eigenvalue weighted by molar-refractivity contribution is 5.20. The molecule has 1 saturated heterocycles. The molecule has 4 nitrogen and oxygen atoms in total. The van der Waals surface area contributed by atoms with Crippen LogP contribution in [0, 0.1) is 11.7 Å². The summed E-state index contributed by atoms with van der Waals surface area (Å²) >= 11 is 0. The molecule has 1 aromatic heterocycles. The minimum atomic E-state index is -0.760. The lowest BCUT2D eigenvalue weighted by molar-refractivity contribution is 0.0839. The molecule has 1 fully saturated rings. The Morgan fingerprint density at radius 3 is 2.68 bits per heavy atom. The summed E-state index contributed by atoms with van der Waals surface area (Å²) in [5.41, 5.74) is 0.390. The van der Waals surface area contributed by atoms with Crippen molar-refractivity contribution in [3.05, 3.63) is 54.1 Å². The average Bonchev–Trinajstić information content (AvgIpc) is 3.02. The third kappa shape index (κ3) is 3.72. The lowest BCUT2D eigenvalue weighted by Crippen LogP contribution is -2.37. The molecule has 1 aromatic carbocycles. The molecule has 3 rings (SSSR count). The summed E-state index contributed by atoms with van der Waals surface area (Å²) < 4.78 is 15.7. The number of hydrogen-bond acceptors (Lipinski definition) is 3. The van der Waals surface area contributed by atoms with E-state index in [0.717, 1.165) is 32.5 Å². The van der Waals surface area contributed by atoms with E-state index in [4.69, 9.17) is 0 Å². The van der Waals surface area contributed by atoms with Gasteiger partial charge in [-0.1, -0.05) is 18.2 Å². The number of aliphatic hydroxyl groups excluding tert-OH is 1. The van der Waals surface area contributed by atoms with E-state index in [9.17, 15) is 9.50 Å². The van der Waals surface area contributed by atoms with E-state index in [2.05, 4.69) is 10.00 Å². The molecule has 22 heavy (non-hydrogen) atoms. The molecule has 5 heteroatoms. The van der Waals surface area contributed by atoms with Crippen LogP contribution in [0.15, 0.2) is 42.7 Å². The summed E-state index contributed by atoms with van der Waals surface area (Å²) in [6, 6.07) is 8.41. The first-order chi connectivity index (χ1) is 10.7. The van der Waals surface area contributed by atoms with E-state index in [1.807, 2.05) is 16.9 Å². The van der Waals surface area contributed by atoms with Gasteiger partial charge in [0.1, 0.15) is 5.82 Å². The maximum atomic E-state index is 13.7. The number of likely N-dealkylation sites (tertiary alicyclic amines) is 1. The van der Waals surface area contributed by atoms with Gasteiger partial charge in [0, 0.05) is 31.0 Å². The molecule has 118 valence electrons. The first-order valence-corrected chi connectivity index (χ1v) is 7.84. The predicted molar refractivity (Wildman–Crippen MR) is 82.8 cm³/mol. The first-order valence-electron chi connectivity index (χ1n) is 7.84. The van der Waals surface area contributed by atoms with Gasteiger partial charge in [0.15, 0.2) is 0 Å². The Bertz CT molecular complexity index is 579. The van der Waals surface area contributed by atoms with Crippen molar-refractivity contribution in [3.63, 3.8) is 0 Å². The van der Waals surface area contributed by atoms with E-state index in [-0.39, 0.29) is 5.82 Å². The Morgan fingerprint density at radius 2 is 2.00 bits per heavy atom. The molecule has 1 aliphatic rings. The third-order valence-electron chi connectivity index (χ3n) is 4.41. The first kappa shape index (κ1) is 15.2. The molecule has 0 aliphatic carbocycles. The van der Waals surface area contributed by atoms with Gasteiger partial charge < -0.3 is 10.0 Å². The number of β-amino-alcohol motifs (C(OH)–C–C–N with tert-alkyl or cyclic N) is 1. The van der Waals surface area contributed by atoms with Crippen LogP contribution >= 0.6 is 0 Å². The van der Waals surface area contributed by atoms with Crippen molar-refractivity contribution in [2.24, 2.45) is 5.92 Å². The van der Waals surface area contributed by atoms with Crippen molar-refractivity contribution in [2.45, 2.75) is 25.5 Å². The normalized spacial score (nSPS) is 18.5. The molecule has 1 atom stereocenters. The van der Waals surface area contributed by atoms with E-state index >= 15 is 0 Å². The molecule has 2 aromatic rings. The number of piperidine rings is 1. The lowest BCUT2D eigenvalue weighted by atomic mass is 9.96. The summed E-state index contributed by atoms with van der Waals surface area (Å²) in [5, 5.41) is 14.5. The summed E-state index contributed by atoms with van der Waals surface area (Å²) in [6.07, 6.45) is 5.21. The fourth-order valence-corrected chi connectivity index (χ4v) is 3.11. The zero-order valence-corrected chi connectivity index (χ0v) is 12.6. The average molecular weight is 303 g/mol. The monoisotopic (exact) mass is 303 g/mol. The summed E-state index contributed by atoms with van der Waals surface area (Å²) in [4.78, 5) is 2.22. The maximum Gasteiger partial charge on any atom is 0.129 e. The Kier molecular flexibility index (Phi) is 4.85. The Balaban J connectivity index is 1.48. The second-order valence-electron chi connectivity index (χ2n) is 6.01. The van der Waals surface area contributed by atoms with E-state index < -0.39 is 6.10 Å². The predicted octanol–water partition coefficient (Wildman–Crippen LogP) is 2.47. The molecular weight excluding hydrogens is 281 g/mol. The van der Waals surface area contributed by atoms with Gasteiger partial charge in [0.2, 0.25) is 0 Å². The molecule has 2 heterocycles. The van der Waals surface area contributed by atoms with Crippen molar-refractivity contribution < 1.29 is 9.50 Å². The smallest absolute Gasteiger partial charge is 0.129 e. The lowest BCUT2D eigenvalue weighted by Gasteiger charge is -2.33. The molecule has 1 aliphatic heterocycles. The summed E-state index contributed by atoms with van der Waals surface area (Å²) in [6.45, 7) is 3.33. The minimum Gasteiger partial charge on any atom is -0.387 e. The fourth-order valence-electron chi connectivity index (χ4n) is 3.11. The number of nitrogens with zero attached hydrogens (tertiary/aromatic N) is 3. The molecule has 0 spiro atoms. The molecule has 0 amide bonds. The maximum absolute atomic E-state index is 13.7. The van der Waals surface area contributed by atoms with Crippen LogP contribution in [0.2, 0.25) is 0 Å². The summed E-state index contributed by atoms with van der Waals surface area (Å²) in [7, 11) is 0. The van der Waals surface area contributed by atoms with Crippen LogP contribution in [0.5, 0.6) is 0 Å². The zero-order chi connectivity index (χ0) is 15.4. The highest BCUT2D eigenvalue weighted by Gasteiger charge is 2.22. The number of aliphatic hydroxyl groups is 1. The number of aromatic nitrogens is 2. The van der Waals surface area contributed by atoms with Crippen LogP contribution < -0.4 is 0 Å². The molecule has 0 saturated carbocycles. The van der Waals surface area contributed by atoms with Crippen LogP contribution in [0.4, 0.5) is 4.39 Å². The zero-order valence-electron chi connectivity index (χ0n) is 12.6. The number of benzene rings is 1. The standard InChI is InChI=1S/C17H22FN3O/c18-16-5-2-1-4-15(16)17(22)13-20-10-6-14(7-11-20)12-21-9-3-8-19-21/h1-5,8-9,14,17,22H,6-7,10-13H2/t17-/m1/s1. The van der Waals surface area contributed by atoms with Crippen molar-refractivity contribution in [3.8, 4) is 0 Å². The van der Waals surface area contributed by atoms with Gasteiger partial charge in [0.05, 0.1) is 6.10 Å². The Morgan fingerprint density at radius 1 is 1.23 bits per heavy atom. The van der Waals surface area contributed by atoms with Gasteiger partial charge in [-0.3, -0.25) is 4.68 Å². The highest BCUT2D eigenvalue weighted by atomic mass is 19.1. The number of halogens is 1. The third-order valence-corrected chi connectivity index (χ3v) is 4.41. The Labute approximate surface area is 130 Å². The largest absolute Gasteiger partial charge is 0.387 e. The van der Waals surface area contributed by atoms with Crippen LogP contribution in [-0.2, 0) is 6.54 Å². The minimum absolute atomic E-state index is 0.330. The van der Waals surface area contributed by atoms with Crippen LogP contribution in [-0.4, -0.2) is 39.4 Å². The van der Waals surface area contributed by atoms with Gasteiger partial charge in [-0.05, 0) is 44.0 Å². The van der Waals surface area contributed by atoms with Crippen molar-refractivity contribution in [2.75, 3.05) is 19.6 Å². The molecule has 0 unspecified atom stereocenters. The Hall–Kier alpha value is -1.72. The van der Waals surface area contributed by atoms with Gasteiger partial charge in [-0.15, -0.1) is 0 Å². The van der Waals surface area contributed by atoms with Gasteiger partial charge in [-0.25, -0.2) is 4.39 Å². The molecule has 1 N–H and O–H groups in total. The van der Waals surface area contributed by atoms with Crippen LogP contribution in [0.25, 0.3) is 0 Å². The van der Waals surface area contributed by atoms with E-state index in [0.29, 0.717) is 18.0 Å². The van der Waals surface area contributed by atoms with Crippen molar-refractivity contribution >= 4 is 0 Å². The fraction of sp³-hybridized carbons (Fsp3) is 0.471. The molecular formula is C17H22FN3O. The molecule has 0 radical (unpaired) electrons. The van der Waals surface area contributed by atoms with Gasteiger partial charge in [0.25, 0.3) is 0 Å². The molecule has 0 bridgehead atoms. The second kappa shape index (κ2) is 7.03. The van der Waals surface area contributed by atoms with Crippen LogP contribution in [0.1, 0.15) is 24.5 Å². The quantitative estimate of drug-likeness (QED) is 0.922. The van der Waals surface area contributed by atoms with Gasteiger partial charge >= 0.3 is 0 Å². The van der Waals surface area contributed by atoms with E-state index in [1.165, 1.54) is 6.07 Å². The number of hydrogen-bond donors (Lipinski definition) is 1. The number of rotatable bonds is 5. The highest BCUT2D eigenvalue weighted by Crippen LogP contribution is 2.23. The topological polar surface area (TPSA) is 41.3 Å². The van der Waals surface area contributed by atoms with Crippen LogP contribution in [0.3, 0.4) is 0 Å². The SMILES string of the molecule is O[C@H](CN1CCC(Cn2cccn2)CC1)c1ccccc1F. The second-order valence-corrected chi connectivity index (χ2v) is 6.01.